The number of carbonyl (C=O) groups is 2. The van der Waals surface area contributed by atoms with Gasteiger partial charge in [0.05, 0.1) is 25.2 Å². The fourth-order valence-electron chi connectivity index (χ4n) is 3.96. The number of ether oxygens (including phenoxy) is 1. The van der Waals surface area contributed by atoms with Gasteiger partial charge in [0, 0.05) is 44.2 Å². The molecule has 0 radical (unpaired) electrons. The third-order valence-electron chi connectivity index (χ3n) is 5.92. The molecule has 2 aliphatic heterocycles. The number of benzene rings is 1. The number of hydrogen-bond donors (Lipinski definition) is 2. The lowest BCUT2D eigenvalue weighted by Crippen LogP contribution is -2.55. The molecular formula is C21H30N4O3. The molecule has 0 aromatic heterocycles. The molecule has 1 aromatic carbocycles. The van der Waals surface area contributed by atoms with Crippen LogP contribution in [0.4, 0.5) is 0 Å². The molecule has 4 rings (SSSR count). The maximum absolute atomic E-state index is 12.6. The number of piperazine rings is 1. The molecule has 2 heterocycles. The van der Waals surface area contributed by atoms with Gasteiger partial charge in [-0.05, 0) is 25.8 Å². The summed E-state index contributed by atoms with van der Waals surface area (Å²) < 4.78 is 5.67. The Balaban J connectivity index is 1.23. The second-order valence-corrected chi connectivity index (χ2v) is 8.07. The summed E-state index contributed by atoms with van der Waals surface area (Å²) in [5.41, 5.74) is 1.06. The van der Waals surface area contributed by atoms with Gasteiger partial charge in [0.1, 0.15) is 5.75 Å². The van der Waals surface area contributed by atoms with Crippen molar-refractivity contribution in [2.24, 2.45) is 0 Å². The summed E-state index contributed by atoms with van der Waals surface area (Å²) in [6.45, 7) is 6.23. The van der Waals surface area contributed by atoms with E-state index in [1.54, 1.807) is 0 Å². The van der Waals surface area contributed by atoms with Crippen LogP contribution in [0, 0.1) is 0 Å². The zero-order valence-electron chi connectivity index (χ0n) is 16.5. The molecule has 2 fully saturated rings. The van der Waals surface area contributed by atoms with Gasteiger partial charge in [-0.3, -0.25) is 19.4 Å². The number of nitrogens with zero attached hydrogens (tertiary/aromatic N) is 2. The fourth-order valence-corrected chi connectivity index (χ4v) is 3.96. The topological polar surface area (TPSA) is 73.9 Å². The number of para-hydroxylation sites is 1. The Morgan fingerprint density at radius 1 is 1.11 bits per heavy atom. The van der Waals surface area contributed by atoms with Crippen molar-refractivity contribution in [1.29, 1.82) is 0 Å². The van der Waals surface area contributed by atoms with Crippen LogP contribution in [-0.2, 0) is 9.59 Å². The Morgan fingerprint density at radius 2 is 1.86 bits per heavy atom. The zero-order chi connectivity index (χ0) is 19.5. The molecule has 7 nitrogen and oxygen atoms in total. The van der Waals surface area contributed by atoms with E-state index in [-0.39, 0.29) is 23.9 Å². The Hall–Kier alpha value is -2.12. The predicted octanol–water partition coefficient (Wildman–Crippen LogP) is 0.911. The minimum absolute atomic E-state index is 0.0184. The number of carbonyl (C=O) groups excluding carboxylic acids is 2. The molecule has 2 unspecified atom stereocenters. The summed E-state index contributed by atoms with van der Waals surface area (Å²) >= 11 is 0. The second kappa shape index (κ2) is 8.49. The highest BCUT2D eigenvalue weighted by molar-refractivity contribution is 5.82. The second-order valence-electron chi connectivity index (χ2n) is 8.07. The average molecular weight is 386 g/mol. The van der Waals surface area contributed by atoms with E-state index in [1.165, 1.54) is 0 Å². The molecule has 1 aliphatic carbocycles. The summed E-state index contributed by atoms with van der Waals surface area (Å²) in [5.74, 6) is 1.05. The van der Waals surface area contributed by atoms with E-state index in [4.69, 9.17) is 4.74 Å². The lowest BCUT2D eigenvalue weighted by molar-refractivity contribution is -0.128. The van der Waals surface area contributed by atoms with E-state index in [0.717, 1.165) is 56.8 Å². The number of amides is 2. The van der Waals surface area contributed by atoms with Gasteiger partial charge < -0.3 is 15.4 Å². The van der Waals surface area contributed by atoms with Crippen molar-refractivity contribution in [3.05, 3.63) is 29.8 Å². The van der Waals surface area contributed by atoms with E-state index in [0.29, 0.717) is 19.2 Å². The maximum atomic E-state index is 12.6. The zero-order valence-corrected chi connectivity index (χ0v) is 16.5. The van der Waals surface area contributed by atoms with Crippen LogP contribution in [0.25, 0.3) is 0 Å². The van der Waals surface area contributed by atoms with Gasteiger partial charge in [0.25, 0.3) is 0 Å². The molecule has 3 aliphatic rings. The van der Waals surface area contributed by atoms with Crippen LogP contribution in [0.2, 0.25) is 0 Å². The third-order valence-corrected chi connectivity index (χ3v) is 5.92. The van der Waals surface area contributed by atoms with Gasteiger partial charge in [-0.25, -0.2) is 0 Å². The maximum Gasteiger partial charge on any atom is 0.237 e. The van der Waals surface area contributed by atoms with Crippen molar-refractivity contribution in [3.8, 4) is 5.75 Å². The first-order chi connectivity index (χ1) is 13.6. The average Bonchev–Trinajstić information content (AvgIpc) is 3.52. The van der Waals surface area contributed by atoms with Crippen molar-refractivity contribution >= 4 is 11.8 Å². The summed E-state index contributed by atoms with van der Waals surface area (Å²) in [5, 5.41) is 6.24. The summed E-state index contributed by atoms with van der Waals surface area (Å²) in [7, 11) is 0. The molecule has 0 spiro atoms. The third kappa shape index (κ3) is 4.64. The highest BCUT2D eigenvalue weighted by Gasteiger charge is 2.30. The minimum atomic E-state index is -0.102. The SMILES string of the molecule is CC(C(=O)NC1CC1)N1CCN(CC(=O)NC2CCOc3ccccc32)CC1. The van der Waals surface area contributed by atoms with E-state index < -0.39 is 0 Å². The largest absolute Gasteiger partial charge is 0.493 e. The highest BCUT2D eigenvalue weighted by atomic mass is 16.5. The van der Waals surface area contributed by atoms with Crippen molar-refractivity contribution in [2.75, 3.05) is 39.3 Å². The number of fused-ring (bicyclic) bond motifs is 1. The van der Waals surface area contributed by atoms with Crippen LogP contribution in [0.15, 0.2) is 24.3 Å². The van der Waals surface area contributed by atoms with Crippen LogP contribution >= 0.6 is 0 Å². The van der Waals surface area contributed by atoms with Gasteiger partial charge in [-0.2, -0.15) is 0 Å². The number of hydrogen-bond acceptors (Lipinski definition) is 5. The molecule has 1 saturated heterocycles. The van der Waals surface area contributed by atoms with Crippen LogP contribution in [0.5, 0.6) is 5.75 Å². The Bertz CT molecular complexity index is 713. The molecule has 2 amide bonds. The summed E-state index contributed by atoms with van der Waals surface area (Å²) in [6.07, 6.45) is 3.02. The predicted molar refractivity (Wildman–Crippen MR) is 106 cm³/mol. The van der Waals surface area contributed by atoms with Gasteiger partial charge in [-0.15, -0.1) is 0 Å². The van der Waals surface area contributed by atoms with Crippen molar-refractivity contribution in [2.45, 2.75) is 44.3 Å². The first-order valence-electron chi connectivity index (χ1n) is 10.4. The van der Waals surface area contributed by atoms with Crippen molar-refractivity contribution in [1.82, 2.24) is 20.4 Å². The molecule has 2 atom stereocenters. The Labute approximate surface area is 166 Å². The number of nitrogens with one attached hydrogen (secondary N) is 2. The molecule has 2 N–H and O–H groups in total. The van der Waals surface area contributed by atoms with E-state index >= 15 is 0 Å². The van der Waals surface area contributed by atoms with E-state index in [1.807, 2.05) is 31.2 Å². The molecule has 152 valence electrons. The van der Waals surface area contributed by atoms with Crippen LogP contribution in [-0.4, -0.2) is 73.0 Å². The highest BCUT2D eigenvalue weighted by Crippen LogP contribution is 2.31. The first kappa shape index (κ1) is 19.2. The van der Waals surface area contributed by atoms with E-state index in [2.05, 4.69) is 20.4 Å². The summed E-state index contributed by atoms with van der Waals surface area (Å²) in [4.78, 5) is 29.2. The van der Waals surface area contributed by atoms with Gasteiger partial charge >= 0.3 is 0 Å². The Morgan fingerprint density at radius 3 is 2.61 bits per heavy atom. The quantitative estimate of drug-likeness (QED) is 0.760. The van der Waals surface area contributed by atoms with Crippen LogP contribution in [0.3, 0.4) is 0 Å². The van der Waals surface area contributed by atoms with Crippen LogP contribution in [0.1, 0.15) is 37.8 Å². The van der Waals surface area contributed by atoms with Gasteiger partial charge in [0.15, 0.2) is 0 Å². The standard InChI is InChI=1S/C21H30N4O3/c1-15(21(27)22-16-6-7-16)25-11-9-24(10-12-25)14-20(26)23-18-8-13-28-19-5-3-2-4-17(18)19/h2-5,15-16,18H,6-14H2,1H3,(H,22,27)(H,23,26). The first-order valence-corrected chi connectivity index (χ1v) is 10.4. The fraction of sp³-hybridized carbons (Fsp3) is 0.619. The van der Waals surface area contributed by atoms with Crippen molar-refractivity contribution in [3.63, 3.8) is 0 Å². The summed E-state index contributed by atoms with van der Waals surface area (Å²) in [6, 6.07) is 8.22. The monoisotopic (exact) mass is 386 g/mol. The lowest BCUT2D eigenvalue weighted by atomic mass is 10.0. The molecular weight excluding hydrogens is 356 g/mol. The van der Waals surface area contributed by atoms with Gasteiger partial charge in [-0.1, -0.05) is 18.2 Å². The molecule has 28 heavy (non-hydrogen) atoms. The normalized spacial score (nSPS) is 24.0. The Kier molecular flexibility index (Phi) is 5.82. The van der Waals surface area contributed by atoms with Crippen LogP contribution < -0.4 is 15.4 Å². The minimum Gasteiger partial charge on any atom is -0.493 e. The van der Waals surface area contributed by atoms with Crippen molar-refractivity contribution < 1.29 is 14.3 Å². The molecule has 1 aromatic rings. The molecule has 1 saturated carbocycles. The number of rotatable bonds is 6. The van der Waals surface area contributed by atoms with Gasteiger partial charge in [0.2, 0.25) is 11.8 Å². The molecule has 0 bridgehead atoms. The van der Waals surface area contributed by atoms with E-state index in [9.17, 15) is 9.59 Å². The lowest BCUT2D eigenvalue weighted by Gasteiger charge is -2.37. The smallest absolute Gasteiger partial charge is 0.237 e. The molecule has 7 heteroatoms.